The van der Waals surface area contributed by atoms with Gasteiger partial charge in [-0.3, -0.25) is 9.97 Å². The Hall–Kier alpha value is -8.70. The van der Waals surface area contributed by atoms with Gasteiger partial charge in [0.15, 0.2) is 0 Å². The van der Waals surface area contributed by atoms with Gasteiger partial charge in [0.1, 0.15) is 0 Å². The van der Waals surface area contributed by atoms with Crippen LogP contribution in [0.1, 0.15) is 27.8 Å². The number of pyridine rings is 2. The van der Waals surface area contributed by atoms with E-state index in [1.807, 2.05) is 36.3 Å². The van der Waals surface area contributed by atoms with E-state index in [4.69, 9.17) is 9.97 Å². The van der Waals surface area contributed by atoms with E-state index in [-0.39, 0.29) is 0 Å². The summed E-state index contributed by atoms with van der Waals surface area (Å²) in [5.74, 6) is 0. The fourth-order valence-electron chi connectivity index (χ4n) is 11.8. The van der Waals surface area contributed by atoms with Gasteiger partial charge in [-0.2, -0.15) is 5.26 Å². The predicted octanol–water partition coefficient (Wildman–Crippen LogP) is 14.5. The van der Waals surface area contributed by atoms with Crippen LogP contribution in [0.4, 0.5) is 0 Å². The lowest BCUT2D eigenvalue weighted by Gasteiger charge is -2.39. The number of nitrogens with zero attached hydrogens (tertiary/aromatic N) is 6. The van der Waals surface area contributed by atoms with Crippen molar-refractivity contribution in [1.82, 2.24) is 23.7 Å². The van der Waals surface area contributed by atoms with Crippen molar-refractivity contribution in [3.05, 3.63) is 234 Å². The minimum atomic E-state index is -0.652. The summed E-state index contributed by atoms with van der Waals surface area (Å²) in [5, 5.41) is 17.2. The molecule has 0 radical (unpaired) electrons. The Morgan fingerprint density at radius 1 is 0.373 bits per heavy atom. The molecule has 1 spiro atoms. The van der Waals surface area contributed by atoms with E-state index in [2.05, 4.69) is 202 Å². The Labute approximate surface area is 388 Å². The van der Waals surface area contributed by atoms with Crippen LogP contribution in [0.5, 0.6) is 0 Å². The molecule has 0 unspecified atom stereocenters. The van der Waals surface area contributed by atoms with Crippen molar-refractivity contribution in [1.29, 1.82) is 5.26 Å². The van der Waals surface area contributed by atoms with Crippen LogP contribution in [-0.2, 0) is 5.41 Å². The molecule has 2 aliphatic rings. The number of hydrogen-bond acceptors (Lipinski definition) is 4. The van der Waals surface area contributed by atoms with Crippen LogP contribution in [0.3, 0.4) is 0 Å². The van der Waals surface area contributed by atoms with Gasteiger partial charge in [0, 0.05) is 71.6 Å². The molecule has 5 aromatic heterocycles. The molecule has 0 atom stereocenters. The summed E-state index contributed by atoms with van der Waals surface area (Å²) in [6.07, 6.45) is 3.77. The van der Waals surface area contributed by atoms with Crippen molar-refractivity contribution in [3.8, 4) is 34.5 Å². The van der Waals surface area contributed by atoms with E-state index in [0.29, 0.717) is 5.56 Å². The van der Waals surface area contributed by atoms with Crippen molar-refractivity contribution < 1.29 is 0 Å². The molecule has 6 nitrogen and oxygen atoms in total. The summed E-state index contributed by atoms with van der Waals surface area (Å²) < 4.78 is 7.14. The monoisotopic (exact) mass is 870 g/mol. The van der Waals surface area contributed by atoms with E-state index >= 15 is 0 Å². The Balaban J connectivity index is 0.979. The predicted molar refractivity (Wildman–Crippen MR) is 271 cm³/mol. The molecular formula is C60H34N6S. The molecule has 1 aliphatic carbocycles. The number of nitriles is 1. The molecule has 0 N–H and O–H groups in total. The van der Waals surface area contributed by atoms with Gasteiger partial charge in [0.25, 0.3) is 0 Å². The highest BCUT2D eigenvalue weighted by Crippen LogP contribution is 2.62. The third-order valence-electron chi connectivity index (χ3n) is 14.4. The molecular weight excluding hydrogens is 837 g/mol. The van der Waals surface area contributed by atoms with E-state index < -0.39 is 5.41 Å². The van der Waals surface area contributed by atoms with Gasteiger partial charge >= 0.3 is 0 Å². The minimum Gasteiger partial charge on any atom is -0.309 e. The molecule has 1 aliphatic heterocycles. The maximum absolute atomic E-state index is 10.2. The molecule has 310 valence electrons. The normalized spacial score (nSPS) is 13.4. The standard InChI is InChI=1S/C60H34N6S/c61-35-36-21-27-54-44(31-36)45-32-37(64-50-17-5-1-11-40(50)41-12-2-6-18-51(41)64)24-28-55(45)66(54)39-23-26-47-57(34-39)67-56-33-38(65-52-19-7-3-13-42(52)43-14-4-8-20-53(43)65)22-25-46(56)60(47)48-15-9-29-62-58(48)59-49(60)16-10-30-63-59/h1-34H. The second kappa shape index (κ2) is 13.4. The molecule has 6 heterocycles. The van der Waals surface area contributed by atoms with Crippen LogP contribution in [0.15, 0.2) is 216 Å². The Kier molecular flexibility index (Phi) is 7.34. The highest BCUT2D eigenvalue weighted by atomic mass is 32.2. The van der Waals surface area contributed by atoms with Gasteiger partial charge in [-0.05, 0) is 119 Å². The van der Waals surface area contributed by atoms with Crippen LogP contribution < -0.4 is 0 Å². The third kappa shape index (κ3) is 4.79. The van der Waals surface area contributed by atoms with Gasteiger partial charge in [0.2, 0.25) is 0 Å². The second-order valence-electron chi connectivity index (χ2n) is 17.6. The van der Waals surface area contributed by atoms with Gasteiger partial charge in [-0.15, -0.1) is 0 Å². The van der Waals surface area contributed by atoms with Gasteiger partial charge in [0.05, 0.1) is 61.5 Å². The summed E-state index contributed by atoms with van der Waals surface area (Å²) in [6, 6.07) is 72.6. The molecule has 7 heteroatoms. The topological polar surface area (TPSA) is 64.4 Å². The number of aromatic nitrogens is 5. The van der Waals surface area contributed by atoms with Gasteiger partial charge < -0.3 is 13.7 Å². The summed E-state index contributed by atoms with van der Waals surface area (Å²) in [6.45, 7) is 0. The number of para-hydroxylation sites is 4. The van der Waals surface area contributed by atoms with Crippen LogP contribution in [0.2, 0.25) is 0 Å². The Morgan fingerprint density at radius 3 is 1.25 bits per heavy atom. The highest BCUT2D eigenvalue weighted by molar-refractivity contribution is 7.99. The molecule has 13 aromatic rings. The number of hydrogen-bond donors (Lipinski definition) is 0. The Bertz CT molecular complexity index is 4200. The summed E-state index contributed by atoms with van der Waals surface area (Å²) >= 11 is 1.83. The third-order valence-corrected chi connectivity index (χ3v) is 15.5. The lowest BCUT2D eigenvalue weighted by molar-refractivity contribution is 0.718. The quantitative estimate of drug-likeness (QED) is 0.177. The van der Waals surface area contributed by atoms with Crippen molar-refractivity contribution in [2.75, 3.05) is 0 Å². The van der Waals surface area contributed by atoms with Crippen molar-refractivity contribution in [2.24, 2.45) is 0 Å². The molecule has 0 fully saturated rings. The van der Waals surface area contributed by atoms with Crippen LogP contribution >= 0.6 is 11.8 Å². The SMILES string of the molecule is N#Cc1ccc2c(c1)c1cc(-n3c4ccccc4c4ccccc43)ccc1n2-c1ccc2c(c1)Sc1cc(-n3c4ccccc4c4ccccc43)ccc1C21c2cccnc2-c2ncccc21. The Morgan fingerprint density at radius 2 is 0.776 bits per heavy atom. The molecule has 0 saturated heterocycles. The summed E-state index contributed by atoms with van der Waals surface area (Å²) in [7, 11) is 0. The number of benzene rings is 8. The van der Waals surface area contributed by atoms with Crippen molar-refractivity contribution in [2.45, 2.75) is 15.2 Å². The average molecular weight is 871 g/mol. The summed E-state index contributed by atoms with van der Waals surface area (Å²) in [4.78, 5) is 12.4. The number of rotatable bonds is 3. The molecule has 0 amide bonds. The molecule has 15 rings (SSSR count). The van der Waals surface area contributed by atoms with Crippen LogP contribution in [-0.4, -0.2) is 23.7 Å². The first-order chi connectivity index (χ1) is 33.2. The first kappa shape index (κ1) is 36.6. The zero-order valence-electron chi connectivity index (χ0n) is 35.7. The average Bonchev–Trinajstić information content (AvgIpc) is 4.10. The van der Waals surface area contributed by atoms with E-state index in [0.717, 1.165) is 72.4 Å². The van der Waals surface area contributed by atoms with Gasteiger partial charge in [-0.1, -0.05) is 109 Å². The van der Waals surface area contributed by atoms with Crippen LogP contribution in [0.25, 0.3) is 93.9 Å². The largest absolute Gasteiger partial charge is 0.309 e. The zero-order valence-corrected chi connectivity index (χ0v) is 36.5. The van der Waals surface area contributed by atoms with Crippen molar-refractivity contribution in [3.63, 3.8) is 0 Å². The maximum atomic E-state index is 10.2. The summed E-state index contributed by atoms with van der Waals surface area (Å²) in [5.41, 5.74) is 16.6. The smallest absolute Gasteiger partial charge is 0.0991 e. The molecule has 8 aromatic carbocycles. The molecule has 67 heavy (non-hydrogen) atoms. The lowest BCUT2D eigenvalue weighted by Crippen LogP contribution is -2.32. The van der Waals surface area contributed by atoms with Crippen LogP contribution in [0, 0.1) is 11.3 Å². The fraction of sp³-hybridized carbons (Fsp3) is 0.0167. The van der Waals surface area contributed by atoms with Gasteiger partial charge in [-0.25, -0.2) is 0 Å². The first-order valence-corrected chi connectivity index (χ1v) is 23.3. The van der Waals surface area contributed by atoms with E-state index in [1.54, 1.807) is 0 Å². The van der Waals surface area contributed by atoms with E-state index in [1.165, 1.54) is 53.5 Å². The second-order valence-corrected chi connectivity index (χ2v) is 18.7. The highest BCUT2D eigenvalue weighted by Gasteiger charge is 2.51. The number of fused-ring (bicyclic) bond motifs is 18. The van der Waals surface area contributed by atoms with E-state index in [9.17, 15) is 5.26 Å². The molecule has 0 saturated carbocycles. The first-order valence-electron chi connectivity index (χ1n) is 22.5. The maximum Gasteiger partial charge on any atom is 0.0991 e. The lowest BCUT2D eigenvalue weighted by atomic mass is 9.67. The molecule has 0 bridgehead atoms. The van der Waals surface area contributed by atoms with Crippen molar-refractivity contribution >= 4 is 77.2 Å². The minimum absolute atomic E-state index is 0.633. The fourth-order valence-corrected chi connectivity index (χ4v) is 13.0. The zero-order chi connectivity index (χ0) is 44.0.